The van der Waals surface area contributed by atoms with Gasteiger partial charge in [-0.2, -0.15) is 13.2 Å². The summed E-state index contributed by atoms with van der Waals surface area (Å²) in [6.45, 7) is 5.46. The van der Waals surface area contributed by atoms with Gasteiger partial charge in [0, 0.05) is 12.1 Å². The number of benzene rings is 2. The zero-order valence-corrected chi connectivity index (χ0v) is 22.3. The van der Waals surface area contributed by atoms with Crippen LogP contribution in [0.4, 0.5) is 13.2 Å². The lowest BCUT2D eigenvalue weighted by Gasteiger charge is -2.44. The van der Waals surface area contributed by atoms with Crippen LogP contribution in [0.5, 0.6) is 0 Å². The first-order valence-electron chi connectivity index (χ1n) is 12.8. The molecule has 4 rings (SSSR count). The summed E-state index contributed by atoms with van der Waals surface area (Å²) < 4.78 is 63.9. The van der Waals surface area contributed by atoms with Crippen LogP contribution in [-0.4, -0.2) is 54.2 Å². The topological polar surface area (TPSA) is 104 Å². The number of sulfone groups is 1. The van der Waals surface area contributed by atoms with Crippen LogP contribution in [0.25, 0.3) is 0 Å². The summed E-state index contributed by atoms with van der Waals surface area (Å²) in [4.78, 5) is 28.5. The minimum absolute atomic E-state index is 0.00546. The highest BCUT2D eigenvalue weighted by atomic mass is 32.2. The van der Waals surface area contributed by atoms with Gasteiger partial charge in [-0.25, -0.2) is 8.42 Å². The Bertz CT molecular complexity index is 1350. The highest BCUT2D eigenvalue weighted by Crippen LogP contribution is 2.43. The van der Waals surface area contributed by atoms with E-state index in [9.17, 15) is 36.3 Å². The monoisotopic (exact) mass is 564 g/mol. The minimum atomic E-state index is -4.52. The molecular formula is C28H31F3N2O5S. The van der Waals surface area contributed by atoms with Crippen molar-refractivity contribution in [1.29, 1.82) is 0 Å². The molecule has 39 heavy (non-hydrogen) atoms. The standard InChI is InChI=1S/C28H31F3N2O5S/c1-3-18-15-23(33(17-18)26(35)20-7-5-8-22(16-20)39(37,38)4-2)25(34)32-24(27(36)13-6-14-27)19-9-11-21(12-10-19)28(29,30)31/h3,5,7-12,16,18,23-24,36H,1,4,6,13-15,17H2,2H3,(H,32,34)/t18-,23-,24+/m1/s1. The number of hydrogen-bond donors (Lipinski definition) is 2. The van der Waals surface area contributed by atoms with E-state index in [1.165, 1.54) is 48.2 Å². The Kier molecular flexibility index (Phi) is 7.96. The molecule has 2 aliphatic rings. The first-order chi connectivity index (χ1) is 18.3. The first-order valence-corrected chi connectivity index (χ1v) is 14.4. The van der Waals surface area contributed by atoms with E-state index in [0.717, 1.165) is 12.1 Å². The molecule has 1 aliphatic carbocycles. The van der Waals surface area contributed by atoms with Crippen LogP contribution < -0.4 is 5.32 Å². The number of nitrogens with zero attached hydrogens (tertiary/aromatic N) is 1. The molecule has 1 aliphatic heterocycles. The predicted octanol–water partition coefficient (Wildman–Crippen LogP) is 4.29. The molecule has 2 fully saturated rings. The van der Waals surface area contributed by atoms with Gasteiger partial charge in [-0.1, -0.05) is 31.2 Å². The number of rotatable bonds is 8. The van der Waals surface area contributed by atoms with Gasteiger partial charge in [-0.3, -0.25) is 9.59 Å². The first kappa shape index (κ1) is 28.8. The van der Waals surface area contributed by atoms with Gasteiger partial charge in [0.05, 0.1) is 27.9 Å². The third kappa shape index (κ3) is 5.89. The SMILES string of the molecule is C=C[C@@H]1C[C@H](C(=O)N[C@@H](c2ccc(C(F)(F)F)cc2)C2(O)CCC2)N(C(=O)c2cccc(S(=O)(=O)CC)c2)C1. The van der Waals surface area contributed by atoms with E-state index in [4.69, 9.17) is 0 Å². The van der Waals surface area contributed by atoms with Crippen molar-refractivity contribution in [1.82, 2.24) is 10.2 Å². The smallest absolute Gasteiger partial charge is 0.387 e. The van der Waals surface area contributed by atoms with Crippen molar-refractivity contribution in [3.8, 4) is 0 Å². The maximum absolute atomic E-state index is 13.6. The minimum Gasteiger partial charge on any atom is -0.387 e. The number of halogens is 3. The fourth-order valence-electron chi connectivity index (χ4n) is 5.13. The van der Waals surface area contributed by atoms with Crippen LogP contribution >= 0.6 is 0 Å². The van der Waals surface area contributed by atoms with Crippen LogP contribution in [0.2, 0.25) is 0 Å². The van der Waals surface area contributed by atoms with Crippen molar-refractivity contribution in [3.05, 3.63) is 77.9 Å². The molecule has 7 nitrogen and oxygen atoms in total. The molecule has 210 valence electrons. The Morgan fingerprint density at radius 1 is 1.21 bits per heavy atom. The predicted molar refractivity (Wildman–Crippen MR) is 138 cm³/mol. The van der Waals surface area contributed by atoms with Crippen LogP contribution in [-0.2, 0) is 20.8 Å². The average molecular weight is 565 g/mol. The number of carbonyl (C=O) groups excluding carboxylic acids is 2. The van der Waals surface area contributed by atoms with Gasteiger partial charge in [-0.05, 0) is 67.5 Å². The molecular weight excluding hydrogens is 533 g/mol. The van der Waals surface area contributed by atoms with Crippen LogP contribution in [0.3, 0.4) is 0 Å². The largest absolute Gasteiger partial charge is 0.416 e. The molecule has 3 atom stereocenters. The van der Waals surface area contributed by atoms with Gasteiger partial charge >= 0.3 is 6.18 Å². The summed E-state index contributed by atoms with van der Waals surface area (Å²) >= 11 is 0. The Labute approximate surface area is 225 Å². The number of alkyl halides is 3. The summed E-state index contributed by atoms with van der Waals surface area (Å²) in [6, 6.07) is 8.03. The van der Waals surface area contributed by atoms with Crippen molar-refractivity contribution < 1.29 is 36.3 Å². The summed E-state index contributed by atoms with van der Waals surface area (Å²) in [7, 11) is -3.56. The van der Waals surface area contributed by atoms with Crippen molar-refractivity contribution in [2.24, 2.45) is 5.92 Å². The highest BCUT2D eigenvalue weighted by molar-refractivity contribution is 7.91. The maximum Gasteiger partial charge on any atom is 0.416 e. The highest BCUT2D eigenvalue weighted by Gasteiger charge is 2.46. The van der Waals surface area contributed by atoms with Gasteiger partial charge < -0.3 is 15.3 Å². The third-order valence-corrected chi connectivity index (χ3v) is 9.40. The molecule has 2 N–H and O–H groups in total. The molecule has 2 aromatic rings. The Morgan fingerprint density at radius 2 is 1.87 bits per heavy atom. The van der Waals surface area contributed by atoms with E-state index in [1.54, 1.807) is 6.08 Å². The van der Waals surface area contributed by atoms with Crippen molar-refractivity contribution >= 4 is 21.7 Å². The van der Waals surface area contributed by atoms with E-state index in [0.29, 0.717) is 24.8 Å². The van der Waals surface area contributed by atoms with Crippen LogP contribution in [0.1, 0.15) is 60.1 Å². The third-order valence-electron chi connectivity index (χ3n) is 7.67. The van der Waals surface area contributed by atoms with E-state index in [2.05, 4.69) is 11.9 Å². The molecule has 0 aromatic heterocycles. The van der Waals surface area contributed by atoms with E-state index < -0.39 is 51.1 Å². The van der Waals surface area contributed by atoms with Gasteiger partial charge in [0.25, 0.3) is 5.91 Å². The molecule has 1 saturated heterocycles. The second-order valence-electron chi connectivity index (χ2n) is 10.2. The van der Waals surface area contributed by atoms with Gasteiger partial charge in [-0.15, -0.1) is 6.58 Å². The fraction of sp³-hybridized carbons (Fsp3) is 0.429. The number of nitrogens with one attached hydrogen (secondary N) is 1. The van der Waals surface area contributed by atoms with E-state index in [-0.39, 0.29) is 35.1 Å². The zero-order chi connectivity index (χ0) is 28.6. The molecule has 1 heterocycles. The quantitative estimate of drug-likeness (QED) is 0.466. The summed E-state index contributed by atoms with van der Waals surface area (Å²) in [5.74, 6) is -1.42. The fourth-order valence-corrected chi connectivity index (χ4v) is 6.05. The number of carbonyl (C=O) groups is 2. The molecule has 0 spiro atoms. The van der Waals surface area contributed by atoms with E-state index in [1.807, 2.05) is 0 Å². The van der Waals surface area contributed by atoms with Gasteiger partial charge in [0.1, 0.15) is 6.04 Å². The lowest BCUT2D eigenvalue weighted by atomic mass is 9.72. The zero-order valence-electron chi connectivity index (χ0n) is 21.4. The van der Waals surface area contributed by atoms with Crippen LogP contribution in [0, 0.1) is 5.92 Å². The Hall–Kier alpha value is -3.18. The number of hydrogen-bond acceptors (Lipinski definition) is 5. The maximum atomic E-state index is 13.6. The second-order valence-corrected chi connectivity index (χ2v) is 12.4. The van der Waals surface area contributed by atoms with Crippen molar-refractivity contribution in [2.75, 3.05) is 12.3 Å². The summed E-state index contributed by atoms with van der Waals surface area (Å²) in [5, 5.41) is 13.9. The average Bonchev–Trinajstić information content (AvgIpc) is 3.34. The number of likely N-dealkylation sites (tertiary alicyclic amines) is 1. The van der Waals surface area contributed by atoms with Crippen LogP contribution in [0.15, 0.2) is 66.1 Å². The lowest BCUT2D eigenvalue weighted by molar-refractivity contribution is -0.137. The molecule has 1 saturated carbocycles. The molecule has 0 radical (unpaired) electrons. The lowest BCUT2D eigenvalue weighted by Crippen LogP contribution is -2.54. The van der Waals surface area contributed by atoms with Gasteiger partial charge in [0.15, 0.2) is 9.84 Å². The Balaban J connectivity index is 1.61. The number of amides is 2. The summed E-state index contributed by atoms with van der Waals surface area (Å²) in [6.07, 6.45) is -1.21. The molecule has 0 unspecified atom stereocenters. The molecule has 11 heteroatoms. The molecule has 0 bridgehead atoms. The molecule has 2 aromatic carbocycles. The van der Waals surface area contributed by atoms with Gasteiger partial charge in [0.2, 0.25) is 5.91 Å². The summed E-state index contributed by atoms with van der Waals surface area (Å²) in [5.41, 5.74) is -1.73. The second kappa shape index (κ2) is 10.8. The normalized spacial score (nSPS) is 21.6. The molecule has 2 amide bonds. The Morgan fingerprint density at radius 3 is 2.41 bits per heavy atom. The van der Waals surface area contributed by atoms with Crippen molar-refractivity contribution in [2.45, 2.75) is 61.4 Å². The van der Waals surface area contributed by atoms with E-state index >= 15 is 0 Å². The van der Waals surface area contributed by atoms with Crippen molar-refractivity contribution in [3.63, 3.8) is 0 Å². The number of aliphatic hydroxyl groups is 1.